The molecule has 5 nitrogen and oxygen atoms in total. The van der Waals surface area contributed by atoms with Crippen LogP contribution < -0.4 is 5.32 Å². The molecule has 2 aromatic rings. The second kappa shape index (κ2) is 7.24. The van der Waals surface area contributed by atoms with Crippen molar-refractivity contribution in [2.75, 3.05) is 19.8 Å². The number of aliphatic hydroxyl groups excluding tert-OH is 1. The molecule has 0 fully saturated rings. The molecular formula is C16H22N2O3. The first-order chi connectivity index (χ1) is 10.1. The molecule has 1 aromatic heterocycles. The quantitative estimate of drug-likeness (QED) is 0.729. The van der Waals surface area contributed by atoms with Crippen molar-refractivity contribution in [1.82, 2.24) is 10.3 Å². The lowest BCUT2D eigenvalue weighted by atomic mass is 10.1. The molecule has 1 aromatic carbocycles. The summed E-state index contributed by atoms with van der Waals surface area (Å²) in [6.45, 7) is 5.11. The average Bonchev–Trinajstić information content (AvgIpc) is 2.91. The zero-order chi connectivity index (χ0) is 15.2. The number of hydrogen-bond donors (Lipinski definition) is 3. The Bertz CT molecular complexity index is 592. The van der Waals surface area contributed by atoms with Crippen molar-refractivity contribution < 1.29 is 14.6 Å². The highest BCUT2D eigenvalue weighted by molar-refractivity contribution is 5.97. The number of aliphatic hydroxyl groups is 1. The molecule has 0 aliphatic rings. The predicted molar refractivity (Wildman–Crippen MR) is 82.3 cm³/mol. The van der Waals surface area contributed by atoms with Gasteiger partial charge < -0.3 is 20.1 Å². The number of benzene rings is 1. The summed E-state index contributed by atoms with van der Waals surface area (Å²) in [6.07, 6.45) is 1.14. The van der Waals surface area contributed by atoms with Crippen LogP contribution in [0.25, 0.3) is 10.9 Å². The van der Waals surface area contributed by atoms with Gasteiger partial charge in [-0.25, -0.2) is 0 Å². The fourth-order valence-corrected chi connectivity index (χ4v) is 2.00. The van der Waals surface area contributed by atoms with E-state index in [1.165, 1.54) is 0 Å². The van der Waals surface area contributed by atoms with Gasteiger partial charge in [-0.3, -0.25) is 4.79 Å². The van der Waals surface area contributed by atoms with Gasteiger partial charge in [0.15, 0.2) is 0 Å². The summed E-state index contributed by atoms with van der Waals surface area (Å²) < 4.78 is 5.34. The number of amides is 1. The summed E-state index contributed by atoms with van der Waals surface area (Å²) in [7, 11) is 0. The van der Waals surface area contributed by atoms with Crippen LogP contribution >= 0.6 is 0 Å². The smallest absolute Gasteiger partial charge is 0.251 e. The third-order valence-corrected chi connectivity index (χ3v) is 3.08. The second-order valence-corrected chi connectivity index (χ2v) is 5.57. The fourth-order valence-electron chi connectivity index (χ4n) is 2.00. The molecule has 0 saturated carbocycles. The van der Waals surface area contributed by atoms with Crippen LogP contribution in [0.5, 0.6) is 0 Å². The Balaban J connectivity index is 1.81. The molecule has 0 bridgehead atoms. The maximum Gasteiger partial charge on any atom is 0.251 e. The SMILES string of the molecule is CC(C)COCC(O)CNC(=O)c1ccc2cc[nH]c2c1. The summed E-state index contributed by atoms with van der Waals surface area (Å²) >= 11 is 0. The normalized spacial score (nSPS) is 12.8. The number of nitrogens with one attached hydrogen (secondary N) is 2. The number of aromatic nitrogens is 1. The third-order valence-electron chi connectivity index (χ3n) is 3.08. The van der Waals surface area contributed by atoms with Crippen LogP contribution in [0.1, 0.15) is 24.2 Å². The molecule has 21 heavy (non-hydrogen) atoms. The minimum absolute atomic E-state index is 0.180. The van der Waals surface area contributed by atoms with Gasteiger partial charge in [0.05, 0.1) is 12.7 Å². The molecule has 3 N–H and O–H groups in total. The van der Waals surface area contributed by atoms with Crippen molar-refractivity contribution >= 4 is 16.8 Å². The largest absolute Gasteiger partial charge is 0.389 e. The average molecular weight is 290 g/mol. The topological polar surface area (TPSA) is 74.3 Å². The minimum Gasteiger partial charge on any atom is -0.389 e. The highest BCUT2D eigenvalue weighted by atomic mass is 16.5. The molecule has 5 heteroatoms. The van der Waals surface area contributed by atoms with Crippen molar-refractivity contribution in [3.8, 4) is 0 Å². The maximum absolute atomic E-state index is 12.0. The number of fused-ring (bicyclic) bond motifs is 1. The summed E-state index contributed by atoms with van der Waals surface area (Å²) in [4.78, 5) is 15.1. The van der Waals surface area contributed by atoms with Gasteiger partial charge >= 0.3 is 0 Å². The molecule has 0 saturated heterocycles. The Hall–Kier alpha value is -1.85. The van der Waals surface area contributed by atoms with Gasteiger partial charge in [-0.15, -0.1) is 0 Å². The zero-order valence-corrected chi connectivity index (χ0v) is 12.4. The molecule has 1 amide bonds. The van der Waals surface area contributed by atoms with Crippen LogP contribution in [0, 0.1) is 5.92 Å². The maximum atomic E-state index is 12.0. The number of carbonyl (C=O) groups is 1. The van der Waals surface area contributed by atoms with Gasteiger partial charge in [0.2, 0.25) is 0 Å². The molecule has 1 unspecified atom stereocenters. The van der Waals surface area contributed by atoms with Crippen molar-refractivity contribution in [3.05, 3.63) is 36.0 Å². The van der Waals surface area contributed by atoms with Gasteiger partial charge in [0.25, 0.3) is 5.91 Å². The van der Waals surface area contributed by atoms with Gasteiger partial charge in [-0.05, 0) is 29.5 Å². The van der Waals surface area contributed by atoms with Crippen molar-refractivity contribution in [1.29, 1.82) is 0 Å². The van der Waals surface area contributed by atoms with Crippen LogP contribution in [-0.4, -0.2) is 41.9 Å². The number of hydrogen-bond acceptors (Lipinski definition) is 3. The molecule has 2 rings (SSSR count). The number of H-pyrrole nitrogens is 1. The van der Waals surface area contributed by atoms with E-state index in [0.29, 0.717) is 18.1 Å². The van der Waals surface area contributed by atoms with Crippen LogP contribution in [0.4, 0.5) is 0 Å². The molecular weight excluding hydrogens is 268 g/mol. The molecule has 0 aliphatic carbocycles. The third kappa shape index (κ3) is 4.58. The zero-order valence-electron chi connectivity index (χ0n) is 12.4. The highest BCUT2D eigenvalue weighted by Crippen LogP contribution is 2.13. The first-order valence-corrected chi connectivity index (χ1v) is 7.17. The lowest BCUT2D eigenvalue weighted by molar-refractivity contribution is 0.0259. The number of aromatic amines is 1. The van der Waals surface area contributed by atoms with E-state index in [-0.39, 0.29) is 19.1 Å². The predicted octanol–water partition coefficient (Wildman–Crippen LogP) is 1.93. The van der Waals surface area contributed by atoms with E-state index in [1.807, 2.05) is 32.2 Å². The second-order valence-electron chi connectivity index (χ2n) is 5.57. The van der Waals surface area contributed by atoms with Gasteiger partial charge in [0, 0.05) is 30.4 Å². The van der Waals surface area contributed by atoms with Gasteiger partial charge in [-0.2, -0.15) is 0 Å². The van der Waals surface area contributed by atoms with E-state index in [2.05, 4.69) is 10.3 Å². The molecule has 1 atom stereocenters. The molecule has 114 valence electrons. The Labute approximate surface area is 124 Å². The molecule has 0 radical (unpaired) electrons. The fraction of sp³-hybridized carbons (Fsp3) is 0.438. The first-order valence-electron chi connectivity index (χ1n) is 7.17. The summed E-state index contributed by atoms with van der Waals surface area (Å²) in [5.41, 5.74) is 1.49. The summed E-state index contributed by atoms with van der Waals surface area (Å²) in [5, 5.41) is 13.5. The van der Waals surface area contributed by atoms with E-state index in [1.54, 1.807) is 12.1 Å². The Morgan fingerprint density at radius 2 is 2.14 bits per heavy atom. The van der Waals surface area contributed by atoms with Crippen LogP contribution in [-0.2, 0) is 4.74 Å². The molecule has 1 heterocycles. The standard InChI is InChI=1S/C16H22N2O3/c1-11(2)9-21-10-14(19)8-18-16(20)13-4-3-12-5-6-17-15(12)7-13/h3-7,11,14,17,19H,8-10H2,1-2H3,(H,18,20). The Kier molecular flexibility index (Phi) is 5.36. The summed E-state index contributed by atoms with van der Waals surface area (Å²) in [6, 6.07) is 7.41. The summed E-state index contributed by atoms with van der Waals surface area (Å²) in [5.74, 6) is 0.230. The Morgan fingerprint density at radius 3 is 2.90 bits per heavy atom. The van der Waals surface area contributed by atoms with Crippen molar-refractivity contribution in [3.63, 3.8) is 0 Å². The van der Waals surface area contributed by atoms with E-state index in [4.69, 9.17) is 4.74 Å². The van der Waals surface area contributed by atoms with Crippen LogP contribution in [0.3, 0.4) is 0 Å². The van der Waals surface area contributed by atoms with Gasteiger partial charge in [-0.1, -0.05) is 19.9 Å². The number of ether oxygens (including phenoxy) is 1. The van der Waals surface area contributed by atoms with Crippen molar-refractivity contribution in [2.45, 2.75) is 20.0 Å². The van der Waals surface area contributed by atoms with Crippen molar-refractivity contribution in [2.24, 2.45) is 5.92 Å². The highest BCUT2D eigenvalue weighted by Gasteiger charge is 2.10. The Morgan fingerprint density at radius 1 is 1.33 bits per heavy atom. The number of carbonyl (C=O) groups excluding carboxylic acids is 1. The monoisotopic (exact) mass is 290 g/mol. The van der Waals surface area contributed by atoms with E-state index >= 15 is 0 Å². The van der Waals surface area contributed by atoms with E-state index in [0.717, 1.165) is 10.9 Å². The lowest BCUT2D eigenvalue weighted by Crippen LogP contribution is -2.34. The van der Waals surface area contributed by atoms with E-state index in [9.17, 15) is 9.90 Å². The lowest BCUT2D eigenvalue weighted by Gasteiger charge is -2.13. The van der Waals surface area contributed by atoms with Crippen LogP contribution in [0.15, 0.2) is 30.5 Å². The minimum atomic E-state index is -0.693. The number of rotatable bonds is 7. The van der Waals surface area contributed by atoms with E-state index < -0.39 is 6.10 Å². The van der Waals surface area contributed by atoms with Gasteiger partial charge in [0.1, 0.15) is 0 Å². The molecule has 0 spiro atoms. The van der Waals surface area contributed by atoms with Crippen LogP contribution in [0.2, 0.25) is 0 Å². The molecule has 0 aliphatic heterocycles. The first kappa shape index (κ1) is 15.5.